The Morgan fingerprint density at radius 1 is 0.450 bits per heavy atom. The van der Waals surface area contributed by atoms with Gasteiger partial charge in [0, 0.05) is 26.0 Å². The quantitative estimate of drug-likeness (QED) is 0.220. The third kappa shape index (κ3) is 363. The van der Waals surface area contributed by atoms with Gasteiger partial charge in [0.1, 0.15) is 0 Å². The molecule has 0 spiro atoms. The zero-order chi connectivity index (χ0) is 34.4. The first-order valence-electron chi connectivity index (χ1n) is 9.19. The lowest BCUT2D eigenvalue weighted by atomic mass is 10.3. The fourth-order valence-corrected chi connectivity index (χ4v) is 1.10. The highest BCUT2D eigenvalue weighted by Crippen LogP contribution is 2.09. The average Bonchev–Trinajstić information content (AvgIpc) is 2.88. The molecule has 0 saturated carbocycles. The third-order valence-electron chi connectivity index (χ3n) is 1.74. The molecule has 40 heavy (non-hydrogen) atoms. The summed E-state index contributed by atoms with van der Waals surface area (Å²) in [5.41, 5.74) is 0. The van der Waals surface area contributed by atoms with Gasteiger partial charge in [0.15, 0.2) is 0 Å². The van der Waals surface area contributed by atoms with Gasteiger partial charge < -0.3 is 113 Å². The van der Waals surface area contributed by atoms with Crippen LogP contribution in [0.3, 0.4) is 0 Å². The van der Waals surface area contributed by atoms with Gasteiger partial charge in [-0.1, -0.05) is 13.3 Å². The summed E-state index contributed by atoms with van der Waals surface area (Å²) < 4.78 is 234. The number of rotatable bonds is 3. The normalized spacial score (nSPS) is 13.2. The molecule has 0 fully saturated rings. The summed E-state index contributed by atoms with van der Waals surface area (Å²) in [6.07, 6.45) is 6.87. The van der Waals surface area contributed by atoms with E-state index in [-0.39, 0.29) is 0 Å². The Hall–Kier alpha value is -1.95. The summed E-state index contributed by atoms with van der Waals surface area (Å²) in [5.74, 6) is 0. The Morgan fingerprint density at radius 3 is 0.775 bits per heavy atom. The second-order valence-corrected chi connectivity index (χ2v) is 5.83. The maximum Gasteiger partial charge on any atom is 0.673 e. The topological polar surface area (TPSA) is 6.48 Å². The van der Waals surface area contributed by atoms with Gasteiger partial charge in [-0.3, -0.25) is 0 Å². The second-order valence-electron chi connectivity index (χ2n) is 5.83. The van der Waals surface area contributed by atoms with Crippen LogP contribution in [0.2, 0.25) is 0 Å². The molecule has 1 aliphatic heterocycles. The molecule has 0 amide bonds. The van der Waals surface area contributed by atoms with Crippen LogP contribution in [0, 0.1) is 0 Å². The first-order valence-corrected chi connectivity index (χ1v) is 9.19. The van der Waals surface area contributed by atoms with Crippen molar-refractivity contribution in [1.82, 2.24) is 9.80 Å². The molecular formula is C8H16B6F24N2-6. The van der Waals surface area contributed by atoms with Crippen molar-refractivity contribution >= 4 is 43.5 Å². The molecule has 1 rings (SSSR count). The van der Waals surface area contributed by atoms with E-state index in [9.17, 15) is 104 Å². The molecule has 1 aliphatic rings. The minimum atomic E-state index is -6.00. The van der Waals surface area contributed by atoms with E-state index in [2.05, 4.69) is 36.2 Å². The molecule has 0 radical (unpaired) electrons. The summed E-state index contributed by atoms with van der Waals surface area (Å²) >= 11 is 0. The van der Waals surface area contributed by atoms with Crippen molar-refractivity contribution in [2.75, 3.05) is 20.3 Å². The lowest BCUT2D eigenvalue weighted by Crippen LogP contribution is -2.23. The lowest BCUT2D eigenvalue weighted by Gasteiger charge is -2.17. The van der Waals surface area contributed by atoms with Crippen LogP contribution in [0.4, 0.5) is 104 Å². The fourth-order valence-electron chi connectivity index (χ4n) is 1.10. The number of unbranched alkanes of at least 4 members (excludes halogenated alkanes) is 1. The van der Waals surface area contributed by atoms with Crippen LogP contribution >= 0.6 is 0 Å². The number of hydrogen-bond acceptors (Lipinski definition) is 2. The van der Waals surface area contributed by atoms with Crippen molar-refractivity contribution in [3.63, 3.8) is 0 Å². The van der Waals surface area contributed by atoms with Gasteiger partial charge >= 0.3 is 43.5 Å². The van der Waals surface area contributed by atoms with Gasteiger partial charge in [-0.2, -0.15) is 0 Å². The molecule has 32 heteroatoms. The Morgan fingerprint density at radius 2 is 0.650 bits per heavy atom. The number of nitrogens with zero attached hydrogens (tertiary/aromatic N) is 2. The van der Waals surface area contributed by atoms with Crippen LogP contribution in [0.25, 0.3) is 0 Å². The van der Waals surface area contributed by atoms with Gasteiger partial charge in [0.05, 0.1) is 6.67 Å². The maximum atomic E-state index is 9.75. The van der Waals surface area contributed by atoms with Crippen LogP contribution in [0.5, 0.6) is 0 Å². The molecule has 1 heterocycles. The van der Waals surface area contributed by atoms with E-state index in [1.807, 2.05) is 0 Å². The van der Waals surface area contributed by atoms with Crippen LogP contribution in [0.15, 0.2) is 12.4 Å². The standard InChI is InChI=1S/C8H16N2.6BF4/c1-3-4-5-10-7-6-9(2)8-10;6*2-1(3,4)5/h6-7H,3-5,8H2,1-2H3;;;;;;/q;6*-1. The highest BCUT2D eigenvalue weighted by Gasteiger charge is 2.22. The molecule has 0 bridgehead atoms. The number of halogens is 24. The Balaban J connectivity index is -0.0000000866. The Labute approximate surface area is 210 Å². The molecule has 2 nitrogen and oxygen atoms in total. The van der Waals surface area contributed by atoms with Crippen molar-refractivity contribution in [3.8, 4) is 0 Å². The number of hydrogen-bond donors (Lipinski definition) is 0. The molecule has 0 saturated heterocycles. The summed E-state index contributed by atoms with van der Waals surface area (Å²) in [7, 11) is -33.9. The van der Waals surface area contributed by atoms with Gasteiger partial charge in [0.2, 0.25) is 0 Å². The Bertz CT molecular complexity index is 450. The summed E-state index contributed by atoms with van der Waals surface area (Å²) in [4.78, 5) is 4.53. The first-order chi connectivity index (χ1) is 16.8. The summed E-state index contributed by atoms with van der Waals surface area (Å²) in [6.45, 7) is 4.50. The van der Waals surface area contributed by atoms with E-state index >= 15 is 0 Å². The second kappa shape index (κ2) is 22.7. The predicted molar refractivity (Wildman–Crippen MR) is 105 cm³/mol. The van der Waals surface area contributed by atoms with E-state index in [1.54, 1.807) is 0 Å². The molecule has 0 aromatic heterocycles. The van der Waals surface area contributed by atoms with Crippen LogP contribution < -0.4 is 0 Å². The van der Waals surface area contributed by atoms with Crippen molar-refractivity contribution in [2.24, 2.45) is 0 Å². The smallest absolute Gasteiger partial charge is 0.418 e. The van der Waals surface area contributed by atoms with E-state index in [1.165, 1.54) is 19.4 Å². The largest absolute Gasteiger partial charge is 0.673 e. The van der Waals surface area contributed by atoms with E-state index in [4.69, 9.17) is 0 Å². The van der Waals surface area contributed by atoms with Crippen LogP contribution in [0.1, 0.15) is 19.8 Å². The van der Waals surface area contributed by atoms with Gasteiger partial charge in [-0.25, -0.2) is 0 Å². The van der Waals surface area contributed by atoms with E-state index in [0.717, 1.165) is 6.67 Å². The monoisotopic (exact) mass is 662 g/mol. The highest BCUT2D eigenvalue weighted by atomic mass is 19.5. The first kappa shape index (κ1) is 50.8. The zero-order valence-electron chi connectivity index (χ0n) is 19.4. The van der Waals surface area contributed by atoms with Gasteiger partial charge in [-0.15, -0.1) is 0 Å². The summed E-state index contributed by atoms with van der Waals surface area (Å²) in [5, 5.41) is 0. The third-order valence-corrected chi connectivity index (χ3v) is 1.74. The van der Waals surface area contributed by atoms with Gasteiger partial charge in [-0.05, 0) is 6.42 Å². The van der Waals surface area contributed by atoms with Crippen molar-refractivity contribution in [1.29, 1.82) is 0 Å². The minimum Gasteiger partial charge on any atom is -0.418 e. The molecular weight excluding hydrogens is 645 g/mol. The fraction of sp³-hybridized carbons (Fsp3) is 0.750. The Kier molecular flexibility index (Phi) is 28.9. The van der Waals surface area contributed by atoms with E-state index < -0.39 is 43.5 Å². The molecule has 0 aromatic carbocycles. The van der Waals surface area contributed by atoms with Crippen LogP contribution in [-0.2, 0) is 0 Å². The molecule has 0 unspecified atom stereocenters. The molecule has 0 N–H and O–H groups in total. The SMILES string of the molecule is CCCCN1C=CN(C)C1.F[B-](F)(F)F.F[B-](F)(F)F.F[B-](F)(F)F.F[B-](F)(F)F.F[B-](F)(F)F.F[B-](F)(F)F. The predicted octanol–water partition coefficient (Wildman–Crippen LogP) is 9.26. The molecule has 250 valence electrons. The van der Waals surface area contributed by atoms with E-state index in [0.29, 0.717) is 0 Å². The molecule has 0 atom stereocenters. The lowest BCUT2D eigenvalue weighted by molar-refractivity contribution is 0.293. The average molecular weight is 661 g/mol. The minimum absolute atomic E-state index is 1.07. The maximum absolute atomic E-state index is 9.75. The molecule has 0 aromatic rings. The zero-order valence-corrected chi connectivity index (χ0v) is 19.4. The van der Waals surface area contributed by atoms with Crippen LogP contribution in [-0.4, -0.2) is 73.6 Å². The van der Waals surface area contributed by atoms with Crippen molar-refractivity contribution < 1.29 is 104 Å². The summed E-state index contributed by atoms with van der Waals surface area (Å²) in [6, 6.07) is 0. The van der Waals surface area contributed by atoms with Crippen molar-refractivity contribution in [2.45, 2.75) is 19.8 Å². The van der Waals surface area contributed by atoms with Gasteiger partial charge in [0.25, 0.3) is 0 Å². The van der Waals surface area contributed by atoms with Crippen molar-refractivity contribution in [3.05, 3.63) is 12.4 Å². The molecule has 0 aliphatic carbocycles. The highest BCUT2D eigenvalue weighted by molar-refractivity contribution is 6.51.